The zero-order chi connectivity index (χ0) is 22.1. The first kappa shape index (κ1) is 22.3. The van der Waals surface area contributed by atoms with Gasteiger partial charge in [0.2, 0.25) is 5.95 Å². The van der Waals surface area contributed by atoms with Gasteiger partial charge in [0.05, 0.1) is 9.79 Å². The molecule has 1 aromatic heterocycles. The molecule has 12 heteroatoms. The third-order valence-electron chi connectivity index (χ3n) is 3.77. The van der Waals surface area contributed by atoms with E-state index < -0.39 is 20.0 Å². The van der Waals surface area contributed by atoms with Crippen LogP contribution >= 0.6 is 23.2 Å². The topological polar surface area (TPSA) is 118 Å². The number of aromatic nitrogens is 2. The lowest BCUT2D eigenvalue weighted by Gasteiger charge is -2.11. The van der Waals surface area contributed by atoms with Gasteiger partial charge in [-0.05, 0) is 62.4 Å². The van der Waals surface area contributed by atoms with Crippen molar-refractivity contribution in [3.05, 3.63) is 70.0 Å². The van der Waals surface area contributed by atoms with Crippen LogP contribution in [0.4, 0.5) is 11.6 Å². The molecule has 1 heterocycles. The molecule has 0 aliphatic heterocycles. The number of anilines is 2. The second-order valence-corrected chi connectivity index (χ2v) is 10.6. The molecule has 0 atom stereocenters. The van der Waals surface area contributed by atoms with Gasteiger partial charge in [-0.2, -0.15) is 0 Å². The van der Waals surface area contributed by atoms with Crippen LogP contribution in [-0.2, 0) is 20.0 Å². The van der Waals surface area contributed by atoms with E-state index in [9.17, 15) is 16.8 Å². The van der Waals surface area contributed by atoms with Crippen molar-refractivity contribution in [3.63, 3.8) is 0 Å². The molecule has 0 saturated carbocycles. The molecule has 0 amide bonds. The van der Waals surface area contributed by atoms with Crippen LogP contribution in [0.25, 0.3) is 0 Å². The summed E-state index contributed by atoms with van der Waals surface area (Å²) in [6.45, 7) is 3.45. The lowest BCUT2D eigenvalue weighted by Crippen LogP contribution is -2.16. The summed E-state index contributed by atoms with van der Waals surface area (Å²) in [7, 11) is -7.93. The van der Waals surface area contributed by atoms with E-state index in [0.29, 0.717) is 11.4 Å². The lowest BCUT2D eigenvalue weighted by atomic mass is 10.3. The quantitative estimate of drug-likeness (QED) is 0.543. The van der Waals surface area contributed by atoms with Gasteiger partial charge < -0.3 is 0 Å². The first-order valence-electron chi connectivity index (χ1n) is 8.39. The van der Waals surface area contributed by atoms with Crippen molar-refractivity contribution >= 4 is 54.9 Å². The standard InChI is InChI=1S/C18H16Cl2N4O4S2/c1-11-7-12(2)22-18(21-11)24-29(25,26)16-5-3-15(4-6-16)23-30(27,28)17-9-13(19)8-14(20)10-17/h3-10,23H,1-2H3,(H,21,22,24). The molecule has 30 heavy (non-hydrogen) atoms. The summed E-state index contributed by atoms with van der Waals surface area (Å²) in [5.74, 6) is -0.0462. The van der Waals surface area contributed by atoms with Gasteiger partial charge in [-0.25, -0.2) is 31.5 Å². The summed E-state index contributed by atoms with van der Waals surface area (Å²) in [5.41, 5.74) is 1.39. The third-order valence-corrected chi connectivity index (χ3v) is 6.91. The molecule has 158 valence electrons. The minimum Gasteiger partial charge on any atom is -0.280 e. The van der Waals surface area contributed by atoms with Crippen molar-refractivity contribution in [1.29, 1.82) is 0 Å². The van der Waals surface area contributed by atoms with Crippen molar-refractivity contribution in [1.82, 2.24) is 9.97 Å². The molecule has 0 aliphatic carbocycles. The van der Waals surface area contributed by atoms with Gasteiger partial charge in [0, 0.05) is 27.1 Å². The normalized spacial score (nSPS) is 11.9. The molecule has 8 nitrogen and oxygen atoms in total. The molecule has 0 spiro atoms. The highest BCUT2D eigenvalue weighted by Gasteiger charge is 2.19. The highest BCUT2D eigenvalue weighted by molar-refractivity contribution is 7.93. The maximum Gasteiger partial charge on any atom is 0.264 e. The molecule has 3 aromatic rings. The molecule has 2 aromatic carbocycles. The van der Waals surface area contributed by atoms with Crippen molar-refractivity contribution in [2.75, 3.05) is 9.44 Å². The van der Waals surface area contributed by atoms with Crippen molar-refractivity contribution in [2.24, 2.45) is 0 Å². The lowest BCUT2D eigenvalue weighted by molar-refractivity contribution is 0.599. The minimum atomic E-state index is -3.97. The van der Waals surface area contributed by atoms with Crippen LogP contribution < -0.4 is 9.44 Å². The van der Waals surface area contributed by atoms with E-state index in [0.717, 1.165) is 0 Å². The summed E-state index contributed by atoms with van der Waals surface area (Å²) in [6, 6.07) is 10.8. The molecule has 0 saturated heterocycles. The minimum absolute atomic E-state index is 0.0462. The number of aryl methyl sites for hydroxylation is 2. The SMILES string of the molecule is Cc1cc(C)nc(NS(=O)(=O)c2ccc(NS(=O)(=O)c3cc(Cl)cc(Cl)c3)cc2)n1. The largest absolute Gasteiger partial charge is 0.280 e. The van der Waals surface area contributed by atoms with Gasteiger partial charge >= 0.3 is 0 Å². The smallest absolute Gasteiger partial charge is 0.264 e. The Morgan fingerprint density at radius 1 is 0.700 bits per heavy atom. The summed E-state index contributed by atoms with van der Waals surface area (Å²) in [4.78, 5) is 7.88. The maximum atomic E-state index is 12.6. The summed E-state index contributed by atoms with van der Waals surface area (Å²) in [5, 5.41) is 0.341. The van der Waals surface area contributed by atoms with Crippen LogP contribution in [0.2, 0.25) is 10.0 Å². The number of nitrogens with one attached hydrogen (secondary N) is 2. The van der Waals surface area contributed by atoms with E-state index in [1.54, 1.807) is 19.9 Å². The van der Waals surface area contributed by atoms with Crippen LogP contribution in [0, 0.1) is 13.8 Å². The number of rotatable bonds is 6. The Balaban J connectivity index is 1.81. The van der Waals surface area contributed by atoms with Crippen LogP contribution in [0.1, 0.15) is 11.4 Å². The summed E-state index contributed by atoms with van der Waals surface area (Å²) >= 11 is 11.7. The number of nitrogens with zero attached hydrogens (tertiary/aromatic N) is 2. The fourth-order valence-electron chi connectivity index (χ4n) is 2.55. The average molecular weight is 487 g/mol. The molecule has 2 N–H and O–H groups in total. The maximum absolute atomic E-state index is 12.6. The van der Waals surface area contributed by atoms with Crippen molar-refractivity contribution in [3.8, 4) is 0 Å². The van der Waals surface area contributed by atoms with Gasteiger partial charge in [-0.1, -0.05) is 23.2 Å². The Hall–Kier alpha value is -2.40. The first-order chi connectivity index (χ1) is 13.9. The second kappa shape index (κ2) is 8.38. The second-order valence-electron chi connectivity index (χ2n) is 6.31. The predicted molar refractivity (Wildman–Crippen MR) is 116 cm³/mol. The number of hydrogen-bond acceptors (Lipinski definition) is 6. The Labute approximate surface area is 184 Å². The molecular weight excluding hydrogens is 471 g/mol. The summed E-state index contributed by atoms with van der Waals surface area (Å²) in [6.07, 6.45) is 0. The summed E-state index contributed by atoms with van der Waals surface area (Å²) < 4.78 is 54.8. The van der Waals surface area contributed by atoms with Crippen LogP contribution in [0.3, 0.4) is 0 Å². The Kier molecular flexibility index (Phi) is 6.23. The Morgan fingerprint density at radius 2 is 1.20 bits per heavy atom. The first-order valence-corrected chi connectivity index (χ1v) is 12.1. The van der Waals surface area contributed by atoms with Crippen LogP contribution in [0.5, 0.6) is 0 Å². The molecule has 0 bridgehead atoms. The molecule has 0 aliphatic rings. The van der Waals surface area contributed by atoms with E-state index in [4.69, 9.17) is 23.2 Å². The van der Waals surface area contributed by atoms with Crippen molar-refractivity contribution < 1.29 is 16.8 Å². The van der Waals surface area contributed by atoms with E-state index in [1.165, 1.54) is 42.5 Å². The fraction of sp³-hybridized carbons (Fsp3) is 0.111. The fourth-order valence-corrected chi connectivity index (χ4v) is 5.28. The van der Waals surface area contributed by atoms with E-state index >= 15 is 0 Å². The highest BCUT2D eigenvalue weighted by atomic mass is 35.5. The number of hydrogen-bond donors (Lipinski definition) is 2. The third kappa shape index (κ3) is 5.39. The van der Waals surface area contributed by atoms with Gasteiger partial charge in [-0.3, -0.25) is 4.72 Å². The molecular formula is C18H16Cl2N4O4S2. The zero-order valence-electron chi connectivity index (χ0n) is 15.7. The molecule has 0 radical (unpaired) electrons. The monoisotopic (exact) mass is 486 g/mol. The zero-order valence-corrected chi connectivity index (χ0v) is 18.9. The Bertz CT molecular complexity index is 1270. The number of sulfonamides is 2. The van der Waals surface area contributed by atoms with E-state index in [2.05, 4.69) is 19.4 Å². The van der Waals surface area contributed by atoms with Crippen LogP contribution in [0.15, 0.2) is 58.3 Å². The molecule has 0 unspecified atom stereocenters. The Morgan fingerprint density at radius 3 is 1.73 bits per heavy atom. The molecule has 3 rings (SSSR count). The van der Waals surface area contributed by atoms with E-state index in [1.807, 2.05) is 0 Å². The van der Waals surface area contributed by atoms with Gasteiger partial charge in [-0.15, -0.1) is 0 Å². The predicted octanol–water partition coefficient (Wildman–Crippen LogP) is 4.00. The average Bonchev–Trinajstić information content (AvgIpc) is 2.59. The van der Waals surface area contributed by atoms with Crippen molar-refractivity contribution in [2.45, 2.75) is 23.6 Å². The van der Waals surface area contributed by atoms with Gasteiger partial charge in [0.25, 0.3) is 20.0 Å². The van der Waals surface area contributed by atoms with Crippen LogP contribution in [-0.4, -0.2) is 26.8 Å². The molecule has 0 fully saturated rings. The number of halogens is 2. The van der Waals surface area contributed by atoms with Gasteiger partial charge in [0.15, 0.2) is 0 Å². The van der Waals surface area contributed by atoms with E-state index in [-0.39, 0.29) is 31.5 Å². The highest BCUT2D eigenvalue weighted by Crippen LogP contribution is 2.25. The van der Waals surface area contributed by atoms with Gasteiger partial charge in [0.1, 0.15) is 0 Å². The number of benzene rings is 2.